The minimum absolute atomic E-state index is 0.00763. The van der Waals surface area contributed by atoms with Crippen LogP contribution in [0.1, 0.15) is 16.1 Å². The maximum Gasteiger partial charge on any atom is 0.356 e. The Labute approximate surface area is 102 Å². The maximum atomic E-state index is 10.7. The molecule has 1 heterocycles. The molecule has 0 unspecified atom stereocenters. The zero-order valence-corrected chi connectivity index (χ0v) is 9.19. The molecule has 0 aliphatic rings. The van der Waals surface area contributed by atoms with E-state index < -0.39 is 5.97 Å². The number of oxime groups is 1. The highest BCUT2D eigenvalue weighted by molar-refractivity contribution is 5.97. The highest BCUT2D eigenvalue weighted by atomic mass is 16.4. The van der Waals surface area contributed by atoms with Crippen molar-refractivity contribution >= 4 is 11.8 Å². The van der Waals surface area contributed by atoms with Crippen molar-refractivity contribution in [1.82, 2.24) is 9.78 Å². The van der Waals surface area contributed by atoms with Crippen LogP contribution >= 0.6 is 0 Å². The highest BCUT2D eigenvalue weighted by Gasteiger charge is 2.07. The molecule has 0 aliphatic carbocycles. The quantitative estimate of drug-likeness (QED) is 0.318. The SMILES string of the molecule is NC(=NO)c1ccc(-n2ccc(C(=O)O)n2)cc1. The fourth-order valence-electron chi connectivity index (χ4n) is 1.42. The van der Waals surface area contributed by atoms with Crippen LogP contribution in [0.2, 0.25) is 0 Å². The minimum atomic E-state index is -1.08. The lowest BCUT2D eigenvalue weighted by molar-refractivity contribution is 0.0690. The number of aromatic nitrogens is 2. The summed E-state index contributed by atoms with van der Waals surface area (Å²) in [5, 5.41) is 24.0. The largest absolute Gasteiger partial charge is 0.476 e. The van der Waals surface area contributed by atoms with Crippen LogP contribution in [0.15, 0.2) is 41.7 Å². The normalized spacial score (nSPS) is 11.4. The first-order valence-electron chi connectivity index (χ1n) is 4.99. The van der Waals surface area contributed by atoms with Crippen molar-refractivity contribution in [2.75, 3.05) is 0 Å². The Balaban J connectivity index is 2.31. The van der Waals surface area contributed by atoms with Crippen molar-refractivity contribution in [3.8, 4) is 5.69 Å². The third kappa shape index (κ3) is 2.14. The van der Waals surface area contributed by atoms with Gasteiger partial charge in [0, 0.05) is 11.8 Å². The van der Waals surface area contributed by atoms with Gasteiger partial charge in [0.2, 0.25) is 0 Å². The van der Waals surface area contributed by atoms with Crippen LogP contribution in [0, 0.1) is 0 Å². The molecule has 0 saturated carbocycles. The topological polar surface area (TPSA) is 114 Å². The Morgan fingerprint density at radius 3 is 2.44 bits per heavy atom. The van der Waals surface area contributed by atoms with Crippen molar-refractivity contribution in [2.45, 2.75) is 0 Å². The van der Waals surface area contributed by atoms with Gasteiger partial charge in [-0.1, -0.05) is 5.16 Å². The first-order valence-corrected chi connectivity index (χ1v) is 4.99. The van der Waals surface area contributed by atoms with E-state index in [4.69, 9.17) is 16.0 Å². The van der Waals surface area contributed by atoms with Crippen molar-refractivity contribution in [3.05, 3.63) is 47.8 Å². The Hall–Kier alpha value is -2.83. The molecule has 0 amide bonds. The van der Waals surface area contributed by atoms with Gasteiger partial charge in [-0.3, -0.25) is 0 Å². The van der Waals surface area contributed by atoms with E-state index >= 15 is 0 Å². The molecule has 0 aliphatic heterocycles. The molecular formula is C11H10N4O3. The number of nitrogens with two attached hydrogens (primary N) is 1. The molecule has 7 nitrogen and oxygen atoms in total. The van der Waals surface area contributed by atoms with Gasteiger partial charge in [0.25, 0.3) is 0 Å². The molecule has 0 bridgehead atoms. The first-order chi connectivity index (χ1) is 8.61. The summed E-state index contributed by atoms with van der Waals surface area (Å²) in [6, 6.07) is 8.07. The first kappa shape index (κ1) is 11.6. The molecular weight excluding hydrogens is 236 g/mol. The van der Waals surface area contributed by atoms with E-state index in [0.29, 0.717) is 11.3 Å². The molecule has 1 aromatic heterocycles. The van der Waals surface area contributed by atoms with Crippen LogP contribution in [0.4, 0.5) is 0 Å². The van der Waals surface area contributed by atoms with Crippen molar-refractivity contribution < 1.29 is 15.1 Å². The number of hydrogen-bond donors (Lipinski definition) is 3. The van der Waals surface area contributed by atoms with Crippen LogP contribution < -0.4 is 5.73 Å². The summed E-state index contributed by atoms with van der Waals surface area (Å²) in [7, 11) is 0. The molecule has 0 radical (unpaired) electrons. The van der Waals surface area contributed by atoms with Gasteiger partial charge in [0.05, 0.1) is 5.69 Å². The summed E-state index contributed by atoms with van der Waals surface area (Å²) in [6.07, 6.45) is 1.54. The van der Waals surface area contributed by atoms with Gasteiger partial charge in [-0.25, -0.2) is 9.48 Å². The fraction of sp³-hybridized carbons (Fsp3) is 0. The average Bonchev–Trinajstić information content (AvgIpc) is 2.88. The number of amidine groups is 1. The van der Waals surface area contributed by atoms with Crippen molar-refractivity contribution in [3.63, 3.8) is 0 Å². The van der Waals surface area contributed by atoms with Gasteiger partial charge < -0.3 is 16.0 Å². The zero-order valence-electron chi connectivity index (χ0n) is 9.19. The van der Waals surface area contributed by atoms with Gasteiger partial charge in [-0.05, 0) is 30.3 Å². The van der Waals surface area contributed by atoms with E-state index in [9.17, 15) is 4.79 Å². The molecule has 0 saturated heterocycles. The Morgan fingerprint density at radius 1 is 1.28 bits per heavy atom. The van der Waals surface area contributed by atoms with Crippen LogP contribution in [0.25, 0.3) is 5.69 Å². The molecule has 2 aromatic rings. The third-order valence-electron chi connectivity index (χ3n) is 2.34. The molecule has 92 valence electrons. The lowest BCUT2D eigenvalue weighted by atomic mass is 10.2. The summed E-state index contributed by atoms with van der Waals surface area (Å²) >= 11 is 0. The number of rotatable bonds is 3. The van der Waals surface area contributed by atoms with Crippen LogP contribution in [-0.4, -0.2) is 31.9 Å². The standard InChI is InChI=1S/C11H10N4O3/c12-10(14-18)7-1-3-8(4-2-7)15-6-5-9(13-15)11(16)17/h1-6,18H,(H2,12,14)(H,16,17). The van der Waals surface area contributed by atoms with E-state index in [1.54, 1.807) is 30.5 Å². The van der Waals surface area contributed by atoms with Crippen LogP contribution in [0.3, 0.4) is 0 Å². The van der Waals surface area contributed by atoms with E-state index in [1.165, 1.54) is 10.7 Å². The zero-order chi connectivity index (χ0) is 13.1. The summed E-state index contributed by atoms with van der Waals surface area (Å²) in [4.78, 5) is 10.7. The second kappa shape index (κ2) is 4.58. The Morgan fingerprint density at radius 2 is 1.94 bits per heavy atom. The minimum Gasteiger partial charge on any atom is -0.476 e. The molecule has 1 aromatic carbocycles. The lowest BCUT2D eigenvalue weighted by Crippen LogP contribution is -2.12. The Bertz CT molecular complexity index is 601. The number of nitrogens with zero attached hydrogens (tertiary/aromatic N) is 3. The van der Waals surface area contributed by atoms with Gasteiger partial charge in [-0.2, -0.15) is 5.10 Å². The number of aromatic carboxylic acids is 1. The summed E-state index contributed by atoms with van der Waals surface area (Å²) < 4.78 is 1.43. The van der Waals surface area contributed by atoms with Gasteiger partial charge in [0.1, 0.15) is 0 Å². The summed E-state index contributed by atoms with van der Waals surface area (Å²) in [6.45, 7) is 0. The highest BCUT2D eigenvalue weighted by Crippen LogP contribution is 2.09. The fourth-order valence-corrected chi connectivity index (χ4v) is 1.42. The molecule has 2 rings (SSSR count). The van der Waals surface area contributed by atoms with Gasteiger partial charge >= 0.3 is 5.97 Å². The second-order valence-electron chi connectivity index (χ2n) is 3.48. The van der Waals surface area contributed by atoms with E-state index in [0.717, 1.165) is 0 Å². The number of benzene rings is 1. The summed E-state index contributed by atoms with van der Waals surface area (Å²) in [5.41, 5.74) is 6.63. The number of carbonyl (C=O) groups is 1. The predicted molar refractivity (Wildman–Crippen MR) is 63.0 cm³/mol. The summed E-state index contributed by atoms with van der Waals surface area (Å²) in [5.74, 6) is -1.07. The molecule has 0 atom stereocenters. The smallest absolute Gasteiger partial charge is 0.356 e. The maximum absolute atomic E-state index is 10.7. The number of carboxylic acids is 1. The van der Waals surface area contributed by atoms with E-state index in [1.807, 2.05) is 0 Å². The van der Waals surface area contributed by atoms with Crippen molar-refractivity contribution in [2.24, 2.45) is 10.9 Å². The van der Waals surface area contributed by atoms with E-state index in [-0.39, 0.29) is 11.5 Å². The molecule has 18 heavy (non-hydrogen) atoms. The number of carboxylic acid groups (broad SMARTS) is 1. The van der Waals surface area contributed by atoms with Crippen LogP contribution in [-0.2, 0) is 0 Å². The van der Waals surface area contributed by atoms with Crippen molar-refractivity contribution in [1.29, 1.82) is 0 Å². The predicted octanol–water partition coefficient (Wildman–Crippen LogP) is 0.665. The molecule has 7 heteroatoms. The monoisotopic (exact) mass is 246 g/mol. The second-order valence-corrected chi connectivity index (χ2v) is 3.48. The third-order valence-corrected chi connectivity index (χ3v) is 2.34. The molecule has 0 spiro atoms. The lowest BCUT2D eigenvalue weighted by Gasteiger charge is -2.02. The van der Waals surface area contributed by atoms with Gasteiger partial charge in [0.15, 0.2) is 11.5 Å². The average molecular weight is 246 g/mol. The van der Waals surface area contributed by atoms with E-state index in [2.05, 4.69) is 10.3 Å². The van der Waals surface area contributed by atoms with Gasteiger partial charge in [-0.15, -0.1) is 0 Å². The Kier molecular flexibility index (Phi) is 2.96. The molecule has 4 N–H and O–H groups in total. The van der Waals surface area contributed by atoms with Crippen LogP contribution in [0.5, 0.6) is 0 Å². The molecule has 0 fully saturated rings. The number of hydrogen-bond acceptors (Lipinski definition) is 4.